The van der Waals surface area contributed by atoms with E-state index in [2.05, 4.69) is 10.2 Å². The van der Waals surface area contributed by atoms with Gasteiger partial charge in [0.25, 0.3) is 0 Å². The van der Waals surface area contributed by atoms with Gasteiger partial charge in [0.2, 0.25) is 5.91 Å². The third-order valence-electron chi connectivity index (χ3n) is 4.96. The van der Waals surface area contributed by atoms with Crippen molar-refractivity contribution >= 4 is 23.3 Å². The Bertz CT molecular complexity index is 838. The van der Waals surface area contributed by atoms with E-state index in [1.165, 1.54) is 12.1 Å². The molecule has 0 spiro atoms. The molecule has 0 radical (unpaired) electrons. The highest BCUT2D eigenvalue weighted by Crippen LogP contribution is 2.22. The number of Topliss-reactive ketones (excluding diaryl/α,β-unsaturated/α-hetero) is 1. The molecule has 2 aromatic rings. The van der Waals surface area contributed by atoms with Crippen LogP contribution in [-0.2, 0) is 9.53 Å². The molecule has 5 nitrogen and oxygen atoms in total. The highest BCUT2D eigenvalue weighted by molar-refractivity contribution is 6.30. The van der Waals surface area contributed by atoms with Crippen molar-refractivity contribution in [3.63, 3.8) is 0 Å². The first-order valence-electron chi connectivity index (χ1n) is 9.65. The van der Waals surface area contributed by atoms with Crippen LogP contribution >= 0.6 is 11.6 Å². The van der Waals surface area contributed by atoms with Gasteiger partial charge in [-0.15, -0.1) is 0 Å². The maximum Gasteiger partial charge on any atom is 0.220 e. The fourth-order valence-electron chi connectivity index (χ4n) is 3.37. The maximum absolute atomic E-state index is 13.7. The second-order valence-corrected chi connectivity index (χ2v) is 7.39. The van der Waals surface area contributed by atoms with Crippen molar-refractivity contribution in [2.24, 2.45) is 0 Å². The molecule has 1 atom stereocenters. The SMILES string of the molecule is O=C(CCC(=O)c1ccc(Cl)cc1)NCC(c1cccc(F)c1)N1CCOCC1. The van der Waals surface area contributed by atoms with Gasteiger partial charge in [-0.2, -0.15) is 0 Å². The molecule has 0 saturated carbocycles. The summed E-state index contributed by atoms with van der Waals surface area (Å²) in [7, 11) is 0. The number of hydrogen-bond acceptors (Lipinski definition) is 4. The molecule has 0 aromatic heterocycles. The van der Waals surface area contributed by atoms with E-state index in [9.17, 15) is 14.0 Å². The van der Waals surface area contributed by atoms with Gasteiger partial charge in [-0.3, -0.25) is 14.5 Å². The summed E-state index contributed by atoms with van der Waals surface area (Å²) in [4.78, 5) is 26.7. The summed E-state index contributed by atoms with van der Waals surface area (Å²) < 4.78 is 19.1. The lowest BCUT2D eigenvalue weighted by Gasteiger charge is -2.35. The van der Waals surface area contributed by atoms with Crippen molar-refractivity contribution in [2.45, 2.75) is 18.9 Å². The van der Waals surface area contributed by atoms with Gasteiger partial charge in [0.05, 0.1) is 19.3 Å². The van der Waals surface area contributed by atoms with Gasteiger partial charge in [0.15, 0.2) is 5.78 Å². The number of rotatable bonds is 8. The van der Waals surface area contributed by atoms with Gasteiger partial charge >= 0.3 is 0 Å². The van der Waals surface area contributed by atoms with E-state index in [1.807, 2.05) is 6.07 Å². The summed E-state index contributed by atoms with van der Waals surface area (Å²) in [5.41, 5.74) is 1.34. The first kappa shape index (κ1) is 21.4. The van der Waals surface area contributed by atoms with Crippen molar-refractivity contribution in [2.75, 3.05) is 32.8 Å². The van der Waals surface area contributed by atoms with Crippen LogP contribution in [0.1, 0.15) is 34.8 Å². The Balaban J connectivity index is 1.56. The summed E-state index contributed by atoms with van der Waals surface area (Å²) in [6.45, 7) is 2.99. The Kier molecular flexibility index (Phi) is 7.75. The number of halogens is 2. The summed E-state index contributed by atoms with van der Waals surface area (Å²) in [6.07, 6.45) is 0.218. The lowest BCUT2D eigenvalue weighted by Crippen LogP contribution is -2.43. The molecule has 1 unspecified atom stereocenters. The second kappa shape index (κ2) is 10.5. The summed E-state index contributed by atoms with van der Waals surface area (Å²) >= 11 is 5.83. The van der Waals surface area contributed by atoms with Crippen molar-refractivity contribution in [1.82, 2.24) is 10.2 Å². The first-order chi connectivity index (χ1) is 14.0. The lowest BCUT2D eigenvalue weighted by atomic mass is 10.0. The van der Waals surface area contributed by atoms with Gasteiger partial charge in [-0.05, 0) is 42.0 Å². The van der Waals surface area contributed by atoms with E-state index < -0.39 is 0 Å². The van der Waals surface area contributed by atoms with Gasteiger partial charge < -0.3 is 10.1 Å². The van der Waals surface area contributed by atoms with Crippen molar-refractivity contribution < 1.29 is 18.7 Å². The molecular formula is C22H24ClFN2O3. The van der Waals surface area contributed by atoms with Crippen LogP contribution in [0.4, 0.5) is 4.39 Å². The second-order valence-electron chi connectivity index (χ2n) is 6.95. The number of morpholine rings is 1. The molecule has 2 aromatic carbocycles. The Labute approximate surface area is 174 Å². The number of nitrogens with zero attached hydrogens (tertiary/aromatic N) is 1. The zero-order valence-electron chi connectivity index (χ0n) is 16.1. The summed E-state index contributed by atoms with van der Waals surface area (Å²) in [6, 6.07) is 12.9. The Morgan fingerprint density at radius 3 is 2.52 bits per heavy atom. The standard InChI is InChI=1S/C22H24ClFN2O3/c23-18-6-4-16(5-7-18)21(27)8-9-22(28)25-15-20(26-10-12-29-13-11-26)17-2-1-3-19(24)14-17/h1-7,14,20H,8-13,15H2,(H,25,28). The van der Waals surface area contributed by atoms with Gasteiger partial charge in [0.1, 0.15) is 5.82 Å². The van der Waals surface area contributed by atoms with E-state index in [0.29, 0.717) is 43.4 Å². The number of carbonyl (C=O) groups excluding carboxylic acids is 2. The summed E-state index contributed by atoms with van der Waals surface area (Å²) in [5.74, 6) is -0.616. The molecule has 1 heterocycles. The number of ether oxygens (including phenoxy) is 1. The molecule has 1 fully saturated rings. The van der Waals surface area contributed by atoms with Crippen LogP contribution in [-0.4, -0.2) is 49.4 Å². The fourth-order valence-corrected chi connectivity index (χ4v) is 3.49. The van der Waals surface area contributed by atoms with Crippen molar-refractivity contribution in [1.29, 1.82) is 0 Å². The zero-order chi connectivity index (χ0) is 20.6. The van der Waals surface area contributed by atoms with Gasteiger partial charge in [-0.1, -0.05) is 23.7 Å². The fraction of sp³-hybridized carbons (Fsp3) is 0.364. The highest BCUT2D eigenvalue weighted by Gasteiger charge is 2.23. The van der Waals surface area contributed by atoms with Crippen LogP contribution in [0.5, 0.6) is 0 Å². The van der Waals surface area contributed by atoms with Crippen molar-refractivity contribution in [3.05, 3.63) is 70.5 Å². The van der Waals surface area contributed by atoms with E-state index in [-0.39, 0.29) is 36.4 Å². The first-order valence-corrected chi connectivity index (χ1v) is 10.0. The molecular weight excluding hydrogens is 395 g/mol. The lowest BCUT2D eigenvalue weighted by molar-refractivity contribution is -0.121. The number of ketones is 1. The Morgan fingerprint density at radius 2 is 1.83 bits per heavy atom. The third kappa shape index (κ3) is 6.35. The zero-order valence-corrected chi connectivity index (χ0v) is 16.8. The Hall–Kier alpha value is -2.28. The molecule has 0 bridgehead atoms. The minimum atomic E-state index is -0.305. The Morgan fingerprint density at radius 1 is 1.10 bits per heavy atom. The highest BCUT2D eigenvalue weighted by atomic mass is 35.5. The van der Waals surface area contributed by atoms with Crippen LogP contribution < -0.4 is 5.32 Å². The molecule has 1 aliphatic heterocycles. The minimum absolute atomic E-state index is 0.0977. The third-order valence-corrected chi connectivity index (χ3v) is 5.21. The van der Waals surface area contributed by atoms with Crippen molar-refractivity contribution in [3.8, 4) is 0 Å². The molecule has 7 heteroatoms. The molecule has 3 rings (SSSR count). The van der Waals surface area contributed by atoms with Crippen LogP contribution in [0.25, 0.3) is 0 Å². The van der Waals surface area contributed by atoms with E-state index in [0.717, 1.165) is 5.56 Å². The van der Waals surface area contributed by atoms with Gasteiger partial charge in [-0.25, -0.2) is 4.39 Å². The molecule has 29 heavy (non-hydrogen) atoms. The molecule has 0 aliphatic carbocycles. The maximum atomic E-state index is 13.7. The van der Waals surface area contributed by atoms with Crippen LogP contribution in [0.2, 0.25) is 5.02 Å². The molecule has 154 valence electrons. The number of carbonyl (C=O) groups is 2. The number of nitrogens with one attached hydrogen (secondary N) is 1. The average Bonchev–Trinajstić information content (AvgIpc) is 2.73. The number of amides is 1. The number of hydrogen-bond donors (Lipinski definition) is 1. The predicted molar refractivity (Wildman–Crippen MR) is 110 cm³/mol. The van der Waals surface area contributed by atoms with E-state index >= 15 is 0 Å². The van der Waals surface area contributed by atoms with Gasteiger partial charge in [0, 0.05) is 43.1 Å². The largest absolute Gasteiger partial charge is 0.379 e. The topological polar surface area (TPSA) is 58.6 Å². The quantitative estimate of drug-likeness (QED) is 0.665. The van der Waals surface area contributed by atoms with Crippen LogP contribution in [0.15, 0.2) is 48.5 Å². The summed E-state index contributed by atoms with van der Waals surface area (Å²) in [5, 5.41) is 3.46. The molecule has 1 aliphatic rings. The van der Waals surface area contributed by atoms with Crippen LogP contribution in [0.3, 0.4) is 0 Å². The smallest absolute Gasteiger partial charge is 0.220 e. The van der Waals surface area contributed by atoms with E-state index in [1.54, 1.807) is 30.3 Å². The number of benzene rings is 2. The normalized spacial score (nSPS) is 15.7. The van der Waals surface area contributed by atoms with E-state index in [4.69, 9.17) is 16.3 Å². The predicted octanol–water partition coefficient (Wildman–Crippen LogP) is 3.63. The molecule has 1 N–H and O–H groups in total. The van der Waals surface area contributed by atoms with Crippen LogP contribution in [0, 0.1) is 5.82 Å². The molecule has 1 saturated heterocycles. The molecule has 1 amide bonds. The minimum Gasteiger partial charge on any atom is -0.379 e. The monoisotopic (exact) mass is 418 g/mol. The average molecular weight is 419 g/mol.